The number of benzene rings is 2. The van der Waals surface area contributed by atoms with Crippen molar-refractivity contribution in [2.45, 2.75) is 0 Å². The summed E-state index contributed by atoms with van der Waals surface area (Å²) >= 11 is 1.47. The van der Waals surface area contributed by atoms with Gasteiger partial charge in [-0.3, -0.25) is 4.98 Å². The highest BCUT2D eigenvalue weighted by molar-refractivity contribution is 7.20. The summed E-state index contributed by atoms with van der Waals surface area (Å²) in [5.74, 6) is 1.37. The summed E-state index contributed by atoms with van der Waals surface area (Å²) in [7, 11) is 1.66. The van der Waals surface area contributed by atoms with Crippen LogP contribution in [0.5, 0.6) is 5.75 Å². The number of hydrogen-bond acceptors (Lipinski definition) is 8. The average molecular weight is 437 g/mol. The SMILES string of the molecule is COc1ccc(-c2cc(-c3nn4c(-c5cnccn5)nnc4s3)c3ccccc3n2)cc1. The number of methoxy groups -OCH3 is 1. The van der Waals surface area contributed by atoms with Gasteiger partial charge in [-0.1, -0.05) is 29.5 Å². The molecule has 0 aliphatic carbocycles. The molecule has 8 nitrogen and oxygen atoms in total. The van der Waals surface area contributed by atoms with E-state index in [-0.39, 0.29) is 0 Å². The van der Waals surface area contributed by atoms with Crippen molar-refractivity contribution in [1.29, 1.82) is 0 Å². The summed E-state index contributed by atoms with van der Waals surface area (Å²) in [6.07, 6.45) is 4.90. The molecule has 0 saturated carbocycles. The van der Waals surface area contributed by atoms with Gasteiger partial charge in [0.15, 0.2) is 0 Å². The molecule has 0 atom stereocenters. The number of pyridine rings is 1. The van der Waals surface area contributed by atoms with Crippen LogP contribution in [0, 0.1) is 0 Å². The summed E-state index contributed by atoms with van der Waals surface area (Å²) in [6.45, 7) is 0. The summed E-state index contributed by atoms with van der Waals surface area (Å²) in [5.41, 5.74) is 4.37. The molecule has 0 unspecified atom stereocenters. The van der Waals surface area contributed by atoms with Gasteiger partial charge in [0, 0.05) is 28.9 Å². The minimum absolute atomic E-state index is 0.560. The van der Waals surface area contributed by atoms with Crippen molar-refractivity contribution in [1.82, 2.24) is 34.8 Å². The Balaban J connectivity index is 1.54. The Labute approximate surface area is 186 Å². The maximum atomic E-state index is 5.29. The molecule has 154 valence electrons. The molecule has 4 heterocycles. The predicted molar refractivity (Wildman–Crippen MR) is 122 cm³/mol. The standard InChI is InChI=1S/C23H15N7OS/c1-31-15-8-6-14(7-9-15)19-12-17(16-4-2-3-5-18(16)26-19)22-29-30-21(27-28-23(30)32-22)20-13-24-10-11-25-20/h2-13H,1H3. The Hall–Kier alpha value is -4.24. The van der Waals surface area contributed by atoms with Crippen molar-refractivity contribution in [2.75, 3.05) is 7.11 Å². The third-order valence-corrected chi connectivity index (χ3v) is 6.05. The van der Waals surface area contributed by atoms with Crippen LogP contribution in [0.25, 0.3) is 49.2 Å². The van der Waals surface area contributed by atoms with E-state index in [9.17, 15) is 0 Å². The number of ether oxygens (including phenoxy) is 1. The Morgan fingerprint density at radius 1 is 0.938 bits per heavy atom. The van der Waals surface area contributed by atoms with E-state index in [1.165, 1.54) is 11.3 Å². The highest BCUT2D eigenvalue weighted by atomic mass is 32.1. The summed E-state index contributed by atoms with van der Waals surface area (Å²) in [5, 5.41) is 15.2. The molecule has 0 amide bonds. The summed E-state index contributed by atoms with van der Waals surface area (Å²) in [6, 6.07) is 18.0. The Morgan fingerprint density at radius 2 is 1.81 bits per heavy atom. The molecule has 0 N–H and O–H groups in total. The Bertz CT molecular complexity index is 1560. The van der Waals surface area contributed by atoms with Crippen LogP contribution < -0.4 is 4.74 Å². The van der Waals surface area contributed by atoms with E-state index in [1.54, 1.807) is 30.2 Å². The fourth-order valence-electron chi connectivity index (χ4n) is 3.56. The van der Waals surface area contributed by atoms with Gasteiger partial charge in [0.2, 0.25) is 10.8 Å². The smallest absolute Gasteiger partial charge is 0.235 e. The first-order chi connectivity index (χ1) is 15.8. The lowest BCUT2D eigenvalue weighted by Gasteiger charge is -2.08. The van der Waals surface area contributed by atoms with Gasteiger partial charge in [0.05, 0.1) is 24.5 Å². The molecule has 0 radical (unpaired) electrons. The van der Waals surface area contributed by atoms with E-state index in [0.717, 1.165) is 38.5 Å². The van der Waals surface area contributed by atoms with Gasteiger partial charge in [-0.05, 0) is 36.4 Å². The molecule has 0 bridgehead atoms. The maximum absolute atomic E-state index is 5.29. The summed E-state index contributed by atoms with van der Waals surface area (Å²) < 4.78 is 7.00. The van der Waals surface area contributed by atoms with Crippen molar-refractivity contribution < 1.29 is 4.74 Å². The van der Waals surface area contributed by atoms with Crippen molar-refractivity contribution in [3.63, 3.8) is 0 Å². The van der Waals surface area contributed by atoms with Crippen molar-refractivity contribution in [3.05, 3.63) is 73.2 Å². The topological polar surface area (TPSA) is 91.0 Å². The molecule has 9 heteroatoms. The van der Waals surface area contributed by atoms with E-state index < -0.39 is 0 Å². The van der Waals surface area contributed by atoms with Gasteiger partial charge in [-0.25, -0.2) is 9.97 Å². The predicted octanol–water partition coefficient (Wildman–Crippen LogP) is 4.53. The number of rotatable bonds is 4. The highest BCUT2D eigenvalue weighted by Crippen LogP contribution is 2.35. The van der Waals surface area contributed by atoms with Gasteiger partial charge in [-0.2, -0.15) is 9.61 Å². The van der Waals surface area contributed by atoms with Crippen LogP contribution in [0.1, 0.15) is 0 Å². The number of nitrogens with zero attached hydrogens (tertiary/aromatic N) is 7. The second kappa shape index (κ2) is 7.47. The first kappa shape index (κ1) is 18.5. The third kappa shape index (κ3) is 3.07. The van der Waals surface area contributed by atoms with Gasteiger partial charge in [0.1, 0.15) is 16.5 Å². The van der Waals surface area contributed by atoms with Crippen molar-refractivity contribution in [3.8, 4) is 39.1 Å². The van der Waals surface area contributed by atoms with Crippen LogP contribution in [0.15, 0.2) is 73.2 Å². The van der Waals surface area contributed by atoms with E-state index >= 15 is 0 Å². The molecular formula is C23H15N7OS. The van der Waals surface area contributed by atoms with E-state index in [4.69, 9.17) is 14.8 Å². The Morgan fingerprint density at radius 3 is 2.62 bits per heavy atom. The molecule has 6 aromatic rings. The molecule has 32 heavy (non-hydrogen) atoms. The Kier molecular flexibility index (Phi) is 4.32. The molecule has 0 aliphatic heterocycles. The largest absolute Gasteiger partial charge is 0.497 e. The van der Waals surface area contributed by atoms with Crippen LogP contribution in [0.4, 0.5) is 0 Å². The van der Waals surface area contributed by atoms with Gasteiger partial charge in [-0.15, -0.1) is 10.2 Å². The third-order valence-electron chi connectivity index (χ3n) is 5.12. The quantitative estimate of drug-likeness (QED) is 0.400. The van der Waals surface area contributed by atoms with Crippen LogP contribution >= 0.6 is 11.3 Å². The highest BCUT2D eigenvalue weighted by Gasteiger charge is 2.18. The molecular weight excluding hydrogens is 422 g/mol. The zero-order chi connectivity index (χ0) is 21.5. The van der Waals surface area contributed by atoms with Crippen molar-refractivity contribution in [2.24, 2.45) is 0 Å². The first-order valence-electron chi connectivity index (χ1n) is 9.83. The number of aromatic nitrogens is 7. The molecule has 4 aromatic heterocycles. The summed E-state index contributed by atoms with van der Waals surface area (Å²) in [4.78, 5) is 14.0. The lowest BCUT2D eigenvalue weighted by Crippen LogP contribution is -1.94. The van der Waals surface area contributed by atoms with Crippen LogP contribution in [0.3, 0.4) is 0 Å². The lowest BCUT2D eigenvalue weighted by atomic mass is 10.0. The van der Waals surface area contributed by atoms with E-state index in [1.807, 2.05) is 42.5 Å². The van der Waals surface area contributed by atoms with Crippen LogP contribution in [-0.4, -0.2) is 41.9 Å². The fourth-order valence-corrected chi connectivity index (χ4v) is 4.43. The molecule has 0 saturated heterocycles. The zero-order valence-corrected chi connectivity index (χ0v) is 17.7. The first-order valence-corrected chi connectivity index (χ1v) is 10.6. The zero-order valence-electron chi connectivity index (χ0n) is 16.9. The number of hydrogen-bond donors (Lipinski definition) is 0. The minimum atomic E-state index is 0.560. The van der Waals surface area contributed by atoms with Crippen LogP contribution in [-0.2, 0) is 0 Å². The van der Waals surface area contributed by atoms with Gasteiger partial charge >= 0.3 is 0 Å². The molecule has 2 aromatic carbocycles. The number of fused-ring (bicyclic) bond motifs is 2. The second-order valence-electron chi connectivity index (χ2n) is 7.02. The van der Waals surface area contributed by atoms with Gasteiger partial charge < -0.3 is 4.74 Å². The lowest BCUT2D eigenvalue weighted by molar-refractivity contribution is 0.415. The van der Waals surface area contributed by atoms with E-state index in [0.29, 0.717) is 16.5 Å². The fraction of sp³-hybridized carbons (Fsp3) is 0.0435. The molecule has 0 aliphatic rings. The minimum Gasteiger partial charge on any atom is -0.497 e. The normalized spacial score (nSPS) is 11.3. The maximum Gasteiger partial charge on any atom is 0.235 e. The number of para-hydroxylation sites is 1. The van der Waals surface area contributed by atoms with Crippen molar-refractivity contribution >= 4 is 27.2 Å². The van der Waals surface area contributed by atoms with Crippen LogP contribution in [0.2, 0.25) is 0 Å². The van der Waals surface area contributed by atoms with E-state index in [2.05, 4.69) is 32.3 Å². The average Bonchev–Trinajstić information content (AvgIpc) is 3.45. The second-order valence-corrected chi connectivity index (χ2v) is 7.97. The molecule has 0 spiro atoms. The van der Waals surface area contributed by atoms with Gasteiger partial charge in [0.25, 0.3) is 0 Å². The monoisotopic (exact) mass is 437 g/mol. The molecule has 0 fully saturated rings. The molecule has 6 rings (SSSR count).